The first-order valence-electron chi connectivity index (χ1n) is 8.52. The van der Waals surface area contributed by atoms with Crippen LogP contribution in [0.4, 0.5) is 0 Å². The molecule has 2 N–H and O–H groups in total. The normalized spacial score (nSPS) is 15.8. The summed E-state index contributed by atoms with van der Waals surface area (Å²) in [5.41, 5.74) is 10.2. The van der Waals surface area contributed by atoms with Gasteiger partial charge in [-0.2, -0.15) is 10.4 Å². The summed E-state index contributed by atoms with van der Waals surface area (Å²) in [7, 11) is 0. The summed E-state index contributed by atoms with van der Waals surface area (Å²) in [5, 5.41) is 15.0. The van der Waals surface area contributed by atoms with Gasteiger partial charge in [-0.15, -0.1) is 0 Å². The summed E-state index contributed by atoms with van der Waals surface area (Å²) < 4.78 is 7.64. The molecule has 0 fully saturated rings. The van der Waals surface area contributed by atoms with Crippen LogP contribution in [0.2, 0.25) is 5.02 Å². The Morgan fingerprint density at radius 3 is 2.56 bits per heavy atom. The predicted octanol–water partition coefficient (Wildman–Crippen LogP) is 4.11. The third kappa shape index (κ3) is 3.05. The van der Waals surface area contributed by atoms with E-state index in [1.807, 2.05) is 49.4 Å². The van der Waals surface area contributed by atoms with Gasteiger partial charge >= 0.3 is 0 Å². The smallest absolute Gasteiger partial charge is 0.224 e. The summed E-state index contributed by atoms with van der Waals surface area (Å²) in [6.07, 6.45) is 0. The second-order valence-corrected chi connectivity index (χ2v) is 6.86. The number of ether oxygens (including phenoxy) is 1. The Bertz CT molecular complexity index is 1060. The van der Waals surface area contributed by atoms with Crippen LogP contribution in [0.1, 0.15) is 28.3 Å². The highest BCUT2D eigenvalue weighted by atomic mass is 35.5. The van der Waals surface area contributed by atoms with E-state index in [2.05, 4.69) is 11.2 Å². The molecular formula is C21H17ClN4O. The van der Waals surface area contributed by atoms with Crippen LogP contribution in [-0.2, 0) is 6.54 Å². The van der Waals surface area contributed by atoms with Crippen LogP contribution in [0.25, 0.3) is 0 Å². The van der Waals surface area contributed by atoms with Crippen molar-refractivity contribution in [3.05, 3.63) is 93.5 Å². The Hall–Kier alpha value is -3.23. The molecule has 0 aliphatic carbocycles. The van der Waals surface area contributed by atoms with E-state index in [0.717, 1.165) is 22.4 Å². The van der Waals surface area contributed by atoms with Crippen LogP contribution in [0.3, 0.4) is 0 Å². The van der Waals surface area contributed by atoms with Gasteiger partial charge in [0.05, 0.1) is 23.7 Å². The van der Waals surface area contributed by atoms with Gasteiger partial charge in [0.15, 0.2) is 0 Å². The molecular weight excluding hydrogens is 360 g/mol. The topological polar surface area (TPSA) is 76.9 Å². The Morgan fingerprint density at radius 2 is 1.89 bits per heavy atom. The number of nitriles is 1. The van der Waals surface area contributed by atoms with Crippen LogP contribution < -0.4 is 10.5 Å². The number of rotatable bonds is 3. The maximum atomic E-state index is 9.69. The zero-order valence-corrected chi connectivity index (χ0v) is 15.4. The van der Waals surface area contributed by atoms with Gasteiger partial charge in [-0.25, -0.2) is 4.68 Å². The van der Waals surface area contributed by atoms with E-state index < -0.39 is 0 Å². The quantitative estimate of drug-likeness (QED) is 0.746. The summed E-state index contributed by atoms with van der Waals surface area (Å²) >= 11 is 6.03. The van der Waals surface area contributed by atoms with Gasteiger partial charge in [-0.1, -0.05) is 54.1 Å². The fraction of sp³-hybridized carbons (Fsp3) is 0.143. The molecule has 4 rings (SSSR count). The third-order valence-electron chi connectivity index (χ3n) is 4.67. The monoisotopic (exact) mass is 376 g/mol. The van der Waals surface area contributed by atoms with E-state index in [4.69, 9.17) is 22.1 Å². The summed E-state index contributed by atoms with van der Waals surface area (Å²) in [5.74, 6) is 0.354. The number of hydrogen-bond acceptors (Lipinski definition) is 4. The minimum Gasteiger partial charge on any atom is -0.422 e. The lowest BCUT2D eigenvalue weighted by molar-refractivity contribution is 0.352. The van der Waals surface area contributed by atoms with Crippen molar-refractivity contribution in [1.29, 1.82) is 5.26 Å². The first-order valence-corrected chi connectivity index (χ1v) is 8.90. The van der Waals surface area contributed by atoms with Crippen molar-refractivity contribution in [2.24, 2.45) is 5.73 Å². The Balaban J connectivity index is 1.85. The molecule has 0 amide bonds. The maximum Gasteiger partial charge on any atom is 0.224 e. The second kappa shape index (κ2) is 6.82. The molecule has 6 heteroatoms. The predicted molar refractivity (Wildman–Crippen MR) is 103 cm³/mol. The number of aryl methyl sites for hydroxylation is 1. The Labute approximate surface area is 162 Å². The molecule has 27 heavy (non-hydrogen) atoms. The van der Waals surface area contributed by atoms with E-state index in [0.29, 0.717) is 23.0 Å². The van der Waals surface area contributed by atoms with E-state index in [1.54, 1.807) is 16.8 Å². The maximum absolute atomic E-state index is 9.69. The summed E-state index contributed by atoms with van der Waals surface area (Å²) in [6.45, 7) is 2.47. The molecule has 0 saturated heterocycles. The number of aromatic nitrogens is 2. The highest BCUT2D eigenvalue weighted by Crippen LogP contribution is 2.44. The number of benzene rings is 2. The van der Waals surface area contributed by atoms with E-state index >= 15 is 0 Å². The van der Waals surface area contributed by atoms with Gasteiger partial charge in [0.1, 0.15) is 11.6 Å². The highest BCUT2D eigenvalue weighted by molar-refractivity contribution is 6.30. The van der Waals surface area contributed by atoms with Crippen molar-refractivity contribution in [1.82, 2.24) is 9.78 Å². The molecule has 1 aromatic heterocycles. The van der Waals surface area contributed by atoms with Crippen LogP contribution >= 0.6 is 11.6 Å². The van der Waals surface area contributed by atoms with Crippen molar-refractivity contribution in [3.8, 4) is 11.9 Å². The Kier molecular flexibility index (Phi) is 4.35. The van der Waals surface area contributed by atoms with Crippen LogP contribution in [0.5, 0.6) is 5.88 Å². The number of hydrogen-bond donors (Lipinski definition) is 1. The minimum absolute atomic E-state index is 0.110. The van der Waals surface area contributed by atoms with Crippen LogP contribution in [-0.4, -0.2) is 9.78 Å². The van der Waals surface area contributed by atoms with Crippen molar-refractivity contribution >= 4 is 11.6 Å². The third-order valence-corrected chi connectivity index (χ3v) is 4.93. The van der Waals surface area contributed by atoms with Crippen LogP contribution in [0.15, 0.2) is 66.1 Å². The molecule has 0 saturated carbocycles. The molecule has 0 spiro atoms. The lowest BCUT2D eigenvalue weighted by atomic mass is 9.84. The lowest BCUT2D eigenvalue weighted by Gasteiger charge is -2.25. The largest absolute Gasteiger partial charge is 0.422 e. The molecule has 0 unspecified atom stereocenters. The molecule has 134 valence electrons. The molecule has 1 aliphatic heterocycles. The average Bonchev–Trinajstić information content (AvgIpc) is 2.97. The zero-order chi connectivity index (χ0) is 19.0. The molecule has 0 bridgehead atoms. The van der Waals surface area contributed by atoms with Crippen molar-refractivity contribution in [2.45, 2.75) is 19.4 Å². The standard InChI is InChI=1S/C21H17ClN4O/c1-13-18-19(15-7-9-16(22)10-8-15)17(11-23)20(24)27-21(18)26(25-13)12-14-5-3-2-4-6-14/h2-10,19H,12,24H2,1H3/t19-/m1/s1. The fourth-order valence-electron chi connectivity index (χ4n) is 3.43. The van der Waals surface area contributed by atoms with Crippen LogP contribution in [0, 0.1) is 18.3 Å². The second-order valence-electron chi connectivity index (χ2n) is 6.42. The zero-order valence-electron chi connectivity index (χ0n) is 14.7. The molecule has 1 atom stereocenters. The van der Waals surface area contributed by atoms with Gasteiger partial charge in [-0.3, -0.25) is 0 Å². The number of fused-ring (bicyclic) bond motifs is 1. The summed E-state index contributed by atoms with van der Waals surface area (Å²) in [6, 6.07) is 19.6. The molecule has 1 aliphatic rings. The van der Waals surface area contributed by atoms with Gasteiger partial charge < -0.3 is 10.5 Å². The Morgan fingerprint density at radius 1 is 1.19 bits per heavy atom. The molecule has 3 aromatic rings. The minimum atomic E-state index is -0.333. The van der Waals surface area contributed by atoms with Crippen molar-refractivity contribution in [2.75, 3.05) is 0 Å². The number of halogens is 1. The van der Waals surface area contributed by atoms with E-state index in [9.17, 15) is 5.26 Å². The first-order chi connectivity index (χ1) is 13.1. The van der Waals surface area contributed by atoms with Gasteiger partial charge in [0, 0.05) is 5.02 Å². The fourth-order valence-corrected chi connectivity index (χ4v) is 3.56. The molecule has 0 radical (unpaired) electrons. The highest BCUT2D eigenvalue weighted by Gasteiger charge is 2.35. The summed E-state index contributed by atoms with van der Waals surface area (Å²) in [4.78, 5) is 0. The SMILES string of the molecule is Cc1nn(Cc2ccccc2)c2c1[C@H](c1ccc(Cl)cc1)C(C#N)=C(N)O2. The van der Waals surface area contributed by atoms with Gasteiger partial charge in [0.25, 0.3) is 0 Å². The molecule has 2 heterocycles. The van der Waals surface area contributed by atoms with E-state index in [-0.39, 0.29) is 11.8 Å². The number of allylic oxidation sites excluding steroid dienone is 1. The number of nitrogens with two attached hydrogens (primary N) is 1. The van der Waals surface area contributed by atoms with Crippen molar-refractivity contribution in [3.63, 3.8) is 0 Å². The first kappa shape index (κ1) is 17.2. The molecule has 5 nitrogen and oxygen atoms in total. The average molecular weight is 377 g/mol. The van der Waals surface area contributed by atoms with E-state index in [1.165, 1.54) is 0 Å². The van der Waals surface area contributed by atoms with Crippen molar-refractivity contribution < 1.29 is 4.74 Å². The van der Waals surface area contributed by atoms with Gasteiger partial charge in [0.2, 0.25) is 11.8 Å². The molecule has 2 aromatic carbocycles. The van der Waals surface area contributed by atoms with Gasteiger partial charge in [-0.05, 0) is 30.2 Å². The number of nitrogens with zero attached hydrogens (tertiary/aromatic N) is 3. The lowest BCUT2D eigenvalue weighted by Crippen LogP contribution is -2.22.